The third-order valence-corrected chi connectivity index (χ3v) is 3.07. The maximum atomic E-state index is 11.7. The molecule has 0 N–H and O–H groups in total. The van der Waals surface area contributed by atoms with Crippen LogP contribution < -0.4 is 0 Å². The van der Waals surface area contributed by atoms with Gasteiger partial charge in [-0.25, -0.2) is 9.78 Å². The maximum Gasteiger partial charge on any atom is 0.341 e. The van der Waals surface area contributed by atoms with Crippen molar-refractivity contribution in [3.05, 3.63) is 33.2 Å². The van der Waals surface area contributed by atoms with Gasteiger partial charge < -0.3 is 4.74 Å². The molecule has 0 aliphatic heterocycles. The van der Waals surface area contributed by atoms with Gasteiger partial charge in [0.25, 0.3) is 0 Å². The molecular weight excluding hydrogens is 298 g/mol. The number of nitrogens with zero attached hydrogens (tertiary/aromatic N) is 2. The lowest BCUT2D eigenvalue weighted by Gasteiger charge is -2.07. The molecule has 94 valence electrons. The fourth-order valence-electron chi connectivity index (χ4n) is 1.45. The van der Waals surface area contributed by atoms with E-state index in [9.17, 15) is 4.79 Å². The molecule has 0 saturated heterocycles. The summed E-state index contributed by atoms with van der Waals surface area (Å²) < 4.78 is 4.87. The Morgan fingerprint density at radius 3 is 2.78 bits per heavy atom. The van der Waals surface area contributed by atoms with Crippen LogP contribution in [0.1, 0.15) is 17.3 Å². The van der Waals surface area contributed by atoms with Crippen LogP contribution in [0.4, 0.5) is 0 Å². The Balaban J connectivity index is 2.67. The Bertz CT molecular complexity index is 631. The minimum atomic E-state index is -0.541. The summed E-state index contributed by atoms with van der Waals surface area (Å²) in [5, 5.41) is 0.976. The molecule has 0 atom stereocenters. The van der Waals surface area contributed by atoms with Gasteiger partial charge in [0.15, 0.2) is 5.15 Å². The van der Waals surface area contributed by atoms with E-state index in [0.717, 1.165) is 0 Å². The monoisotopic (exact) mass is 304 g/mol. The number of hydrogen-bond donors (Lipinski definition) is 0. The molecule has 0 amide bonds. The second-order valence-electron chi connectivity index (χ2n) is 3.34. The zero-order valence-corrected chi connectivity index (χ0v) is 11.5. The number of halogens is 3. The standard InChI is InChI=1S/C11H7Cl3N2O2/c1-2-18-11(17)6-4-15-9-5(8(6)13)3-7(12)16-10(9)14/h3-4H,2H2,1H3. The minimum Gasteiger partial charge on any atom is -0.462 e. The predicted molar refractivity (Wildman–Crippen MR) is 70.5 cm³/mol. The van der Waals surface area contributed by atoms with Gasteiger partial charge in [-0.2, -0.15) is 0 Å². The fourth-order valence-corrected chi connectivity index (χ4v) is 2.20. The van der Waals surface area contributed by atoms with Crippen LogP contribution in [0.3, 0.4) is 0 Å². The maximum absolute atomic E-state index is 11.7. The van der Waals surface area contributed by atoms with Crippen LogP contribution in [0.15, 0.2) is 12.3 Å². The predicted octanol–water partition coefficient (Wildman–Crippen LogP) is 3.77. The van der Waals surface area contributed by atoms with E-state index in [-0.39, 0.29) is 27.5 Å². The number of pyridine rings is 2. The van der Waals surface area contributed by atoms with Gasteiger partial charge in [-0.15, -0.1) is 0 Å². The molecule has 2 rings (SSSR count). The average molecular weight is 306 g/mol. The van der Waals surface area contributed by atoms with Crippen LogP contribution in [0, 0.1) is 0 Å². The first kappa shape index (κ1) is 13.3. The lowest BCUT2D eigenvalue weighted by molar-refractivity contribution is 0.0526. The first-order chi connectivity index (χ1) is 8.54. The molecule has 4 nitrogen and oxygen atoms in total. The van der Waals surface area contributed by atoms with Gasteiger partial charge in [0.2, 0.25) is 0 Å². The van der Waals surface area contributed by atoms with Gasteiger partial charge in [-0.3, -0.25) is 4.98 Å². The zero-order chi connectivity index (χ0) is 13.3. The van der Waals surface area contributed by atoms with Crippen molar-refractivity contribution in [2.75, 3.05) is 6.61 Å². The van der Waals surface area contributed by atoms with E-state index in [1.54, 1.807) is 6.92 Å². The van der Waals surface area contributed by atoms with Crippen molar-refractivity contribution in [2.45, 2.75) is 6.92 Å². The van der Waals surface area contributed by atoms with Crippen molar-refractivity contribution in [1.29, 1.82) is 0 Å². The highest BCUT2D eigenvalue weighted by molar-refractivity contribution is 6.41. The number of carbonyl (C=O) groups is 1. The summed E-state index contributed by atoms with van der Waals surface area (Å²) in [6.07, 6.45) is 1.31. The van der Waals surface area contributed by atoms with Crippen molar-refractivity contribution >= 4 is 51.7 Å². The topological polar surface area (TPSA) is 52.1 Å². The van der Waals surface area contributed by atoms with Crippen LogP contribution in [-0.4, -0.2) is 22.5 Å². The number of ether oxygens (including phenoxy) is 1. The molecule has 0 aromatic carbocycles. The second kappa shape index (κ2) is 5.26. The molecule has 2 aromatic rings. The van der Waals surface area contributed by atoms with Crippen molar-refractivity contribution < 1.29 is 9.53 Å². The molecule has 2 heterocycles. The van der Waals surface area contributed by atoms with E-state index >= 15 is 0 Å². The number of esters is 1. The van der Waals surface area contributed by atoms with Crippen LogP contribution in [0.2, 0.25) is 15.3 Å². The molecule has 0 bridgehead atoms. The number of carbonyl (C=O) groups excluding carboxylic acids is 1. The first-order valence-electron chi connectivity index (χ1n) is 5.02. The Morgan fingerprint density at radius 1 is 1.39 bits per heavy atom. The van der Waals surface area contributed by atoms with Gasteiger partial charge in [-0.1, -0.05) is 34.8 Å². The summed E-state index contributed by atoms with van der Waals surface area (Å²) >= 11 is 17.8. The molecule has 0 unspecified atom stereocenters. The van der Waals surface area contributed by atoms with Crippen molar-refractivity contribution in [3.8, 4) is 0 Å². The third-order valence-electron chi connectivity index (χ3n) is 2.21. The number of rotatable bonds is 2. The molecular formula is C11H7Cl3N2O2. The summed E-state index contributed by atoms with van der Waals surface area (Å²) in [7, 11) is 0. The molecule has 0 aliphatic rings. The first-order valence-corrected chi connectivity index (χ1v) is 6.15. The third kappa shape index (κ3) is 2.36. The molecule has 0 fully saturated rings. The minimum absolute atomic E-state index is 0.134. The number of fused-ring (bicyclic) bond motifs is 1. The normalized spacial score (nSPS) is 10.7. The summed E-state index contributed by atoms with van der Waals surface area (Å²) in [6, 6.07) is 1.50. The van der Waals surface area contributed by atoms with Crippen LogP contribution in [0.25, 0.3) is 10.9 Å². The lowest BCUT2D eigenvalue weighted by Crippen LogP contribution is -2.06. The molecule has 0 saturated carbocycles. The highest BCUT2D eigenvalue weighted by Gasteiger charge is 2.17. The van der Waals surface area contributed by atoms with Crippen molar-refractivity contribution in [3.63, 3.8) is 0 Å². The summed E-state index contributed by atoms with van der Waals surface area (Å²) in [6.45, 7) is 1.96. The second-order valence-corrected chi connectivity index (χ2v) is 4.46. The van der Waals surface area contributed by atoms with Gasteiger partial charge in [0.1, 0.15) is 10.7 Å². The van der Waals surface area contributed by atoms with Gasteiger partial charge in [0, 0.05) is 11.6 Å². The SMILES string of the molecule is CCOC(=O)c1cnc2c(Cl)nc(Cl)cc2c1Cl. The molecule has 0 spiro atoms. The van der Waals surface area contributed by atoms with Crippen LogP contribution in [-0.2, 0) is 4.74 Å². The number of aromatic nitrogens is 2. The van der Waals surface area contributed by atoms with E-state index in [4.69, 9.17) is 39.5 Å². The van der Waals surface area contributed by atoms with E-state index in [1.165, 1.54) is 12.3 Å². The Morgan fingerprint density at radius 2 is 2.11 bits per heavy atom. The number of hydrogen-bond acceptors (Lipinski definition) is 4. The average Bonchev–Trinajstić information content (AvgIpc) is 2.30. The lowest BCUT2D eigenvalue weighted by atomic mass is 10.2. The summed E-state index contributed by atoms with van der Waals surface area (Å²) in [5.41, 5.74) is 0.559. The van der Waals surface area contributed by atoms with Gasteiger partial charge in [0.05, 0.1) is 17.2 Å². The summed E-state index contributed by atoms with van der Waals surface area (Å²) in [4.78, 5) is 19.5. The zero-order valence-electron chi connectivity index (χ0n) is 9.21. The van der Waals surface area contributed by atoms with E-state index in [0.29, 0.717) is 10.9 Å². The Hall–Kier alpha value is -1.10. The van der Waals surface area contributed by atoms with Gasteiger partial charge >= 0.3 is 5.97 Å². The Labute approximate surface area is 118 Å². The fraction of sp³-hybridized carbons (Fsp3) is 0.182. The van der Waals surface area contributed by atoms with Crippen LogP contribution in [0.5, 0.6) is 0 Å². The van der Waals surface area contributed by atoms with E-state index in [2.05, 4.69) is 9.97 Å². The van der Waals surface area contributed by atoms with Crippen molar-refractivity contribution in [1.82, 2.24) is 9.97 Å². The van der Waals surface area contributed by atoms with Gasteiger partial charge in [-0.05, 0) is 13.0 Å². The largest absolute Gasteiger partial charge is 0.462 e. The molecule has 7 heteroatoms. The van der Waals surface area contributed by atoms with Crippen LogP contribution >= 0.6 is 34.8 Å². The Kier molecular flexibility index (Phi) is 3.90. The highest BCUT2D eigenvalue weighted by Crippen LogP contribution is 2.31. The molecule has 0 aliphatic carbocycles. The quantitative estimate of drug-likeness (QED) is 0.626. The smallest absolute Gasteiger partial charge is 0.341 e. The van der Waals surface area contributed by atoms with Crippen molar-refractivity contribution in [2.24, 2.45) is 0 Å². The molecule has 2 aromatic heterocycles. The van der Waals surface area contributed by atoms with E-state index in [1.807, 2.05) is 0 Å². The molecule has 18 heavy (non-hydrogen) atoms. The molecule has 0 radical (unpaired) electrons. The summed E-state index contributed by atoms with van der Waals surface area (Å²) in [5.74, 6) is -0.541. The highest BCUT2D eigenvalue weighted by atomic mass is 35.5. The van der Waals surface area contributed by atoms with E-state index < -0.39 is 5.97 Å².